The fraction of sp³-hybridized carbons (Fsp3) is 0.471. The number of hydrogen-bond acceptors (Lipinski definition) is 3. The highest BCUT2D eigenvalue weighted by molar-refractivity contribution is 5.48. The minimum absolute atomic E-state index is 0.944. The summed E-state index contributed by atoms with van der Waals surface area (Å²) in [7, 11) is 0. The second-order valence-electron chi connectivity index (χ2n) is 5.66. The van der Waals surface area contributed by atoms with Crippen molar-refractivity contribution in [1.29, 1.82) is 0 Å². The van der Waals surface area contributed by atoms with Gasteiger partial charge in [-0.25, -0.2) is 0 Å². The Morgan fingerprint density at radius 1 is 1.10 bits per heavy atom. The highest BCUT2D eigenvalue weighted by Crippen LogP contribution is 2.20. The van der Waals surface area contributed by atoms with Crippen LogP contribution >= 0.6 is 0 Å². The Morgan fingerprint density at radius 2 is 1.90 bits per heavy atom. The van der Waals surface area contributed by atoms with E-state index in [1.165, 1.54) is 37.2 Å². The zero-order chi connectivity index (χ0) is 14.3. The molecule has 0 amide bonds. The first-order chi connectivity index (χ1) is 10.4. The van der Waals surface area contributed by atoms with Crippen molar-refractivity contribution in [3.8, 4) is 0 Å². The van der Waals surface area contributed by atoms with Crippen LogP contribution in [0.25, 0.3) is 0 Å². The first-order valence-corrected chi connectivity index (χ1v) is 7.94. The van der Waals surface area contributed by atoms with Crippen LogP contribution in [0, 0.1) is 0 Å². The Balaban J connectivity index is 1.37. The van der Waals surface area contributed by atoms with E-state index in [1.807, 2.05) is 23.1 Å². The van der Waals surface area contributed by atoms with Crippen molar-refractivity contribution in [2.45, 2.75) is 32.4 Å². The summed E-state index contributed by atoms with van der Waals surface area (Å²) in [5.74, 6) is 0. The summed E-state index contributed by atoms with van der Waals surface area (Å²) >= 11 is 0. The van der Waals surface area contributed by atoms with Gasteiger partial charge in [0.2, 0.25) is 0 Å². The largest absolute Gasteiger partial charge is 0.372 e. The number of rotatable bonds is 7. The van der Waals surface area contributed by atoms with Crippen LogP contribution in [0.2, 0.25) is 0 Å². The molecular formula is C17H24N4. The van der Waals surface area contributed by atoms with Gasteiger partial charge in [-0.1, -0.05) is 12.1 Å². The van der Waals surface area contributed by atoms with Gasteiger partial charge in [0.15, 0.2) is 0 Å². The Kier molecular flexibility index (Phi) is 4.90. The predicted molar refractivity (Wildman–Crippen MR) is 86.4 cm³/mol. The van der Waals surface area contributed by atoms with E-state index >= 15 is 0 Å². The molecular weight excluding hydrogens is 260 g/mol. The van der Waals surface area contributed by atoms with Gasteiger partial charge in [-0.3, -0.25) is 4.68 Å². The van der Waals surface area contributed by atoms with Crippen molar-refractivity contribution < 1.29 is 0 Å². The van der Waals surface area contributed by atoms with Crippen LogP contribution in [0.15, 0.2) is 42.7 Å². The number of aromatic nitrogens is 2. The Morgan fingerprint density at radius 3 is 2.62 bits per heavy atom. The SMILES string of the molecule is c1cnn(CCCNCc2ccc(N3CCCC3)cc2)c1. The van der Waals surface area contributed by atoms with Crippen LogP contribution in [-0.2, 0) is 13.1 Å². The molecule has 2 aromatic rings. The molecule has 0 atom stereocenters. The molecule has 0 aliphatic carbocycles. The Labute approximate surface area is 126 Å². The van der Waals surface area contributed by atoms with Gasteiger partial charge in [-0.05, 0) is 49.6 Å². The van der Waals surface area contributed by atoms with Crippen molar-refractivity contribution in [3.63, 3.8) is 0 Å². The molecule has 112 valence electrons. The fourth-order valence-electron chi connectivity index (χ4n) is 2.83. The van der Waals surface area contributed by atoms with Crippen LogP contribution in [0.5, 0.6) is 0 Å². The minimum atomic E-state index is 0.944. The van der Waals surface area contributed by atoms with Gasteiger partial charge in [0.05, 0.1) is 0 Å². The Bertz CT molecular complexity index is 512. The van der Waals surface area contributed by atoms with Crippen molar-refractivity contribution in [2.75, 3.05) is 24.5 Å². The van der Waals surface area contributed by atoms with Gasteiger partial charge in [0.1, 0.15) is 0 Å². The Hall–Kier alpha value is -1.81. The topological polar surface area (TPSA) is 33.1 Å². The molecule has 0 bridgehead atoms. The van der Waals surface area contributed by atoms with Crippen LogP contribution in [-0.4, -0.2) is 29.4 Å². The van der Waals surface area contributed by atoms with E-state index in [0.717, 1.165) is 26.1 Å². The lowest BCUT2D eigenvalue weighted by molar-refractivity contribution is 0.543. The molecule has 1 aliphatic rings. The molecule has 1 fully saturated rings. The first-order valence-electron chi connectivity index (χ1n) is 7.94. The van der Waals surface area contributed by atoms with Gasteiger partial charge in [0.25, 0.3) is 0 Å². The van der Waals surface area contributed by atoms with Crippen molar-refractivity contribution in [3.05, 3.63) is 48.3 Å². The zero-order valence-corrected chi connectivity index (χ0v) is 12.5. The highest BCUT2D eigenvalue weighted by Gasteiger charge is 2.11. The highest BCUT2D eigenvalue weighted by atomic mass is 15.3. The smallest absolute Gasteiger partial charge is 0.0489 e. The van der Waals surface area contributed by atoms with Gasteiger partial charge >= 0.3 is 0 Å². The van der Waals surface area contributed by atoms with E-state index in [4.69, 9.17) is 0 Å². The summed E-state index contributed by atoms with van der Waals surface area (Å²) in [6, 6.07) is 11.0. The predicted octanol–water partition coefficient (Wildman–Crippen LogP) is 2.66. The maximum Gasteiger partial charge on any atom is 0.0489 e. The van der Waals surface area contributed by atoms with E-state index in [1.54, 1.807) is 0 Å². The molecule has 1 aliphatic heterocycles. The lowest BCUT2D eigenvalue weighted by atomic mass is 10.2. The molecule has 0 unspecified atom stereocenters. The van der Waals surface area contributed by atoms with Crippen LogP contribution < -0.4 is 10.2 Å². The summed E-state index contributed by atoms with van der Waals surface area (Å²) in [5.41, 5.74) is 2.73. The third kappa shape index (κ3) is 4.08. The lowest BCUT2D eigenvalue weighted by Gasteiger charge is -2.17. The second kappa shape index (κ2) is 7.27. The molecule has 2 heterocycles. The van der Waals surface area contributed by atoms with E-state index in [-0.39, 0.29) is 0 Å². The van der Waals surface area contributed by atoms with Gasteiger partial charge in [0, 0.05) is 44.3 Å². The van der Waals surface area contributed by atoms with Gasteiger partial charge in [-0.2, -0.15) is 5.10 Å². The monoisotopic (exact) mass is 284 g/mol. The molecule has 1 saturated heterocycles. The summed E-state index contributed by atoms with van der Waals surface area (Å²) in [6.45, 7) is 5.37. The quantitative estimate of drug-likeness (QED) is 0.794. The summed E-state index contributed by atoms with van der Waals surface area (Å²) in [5, 5.41) is 7.70. The summed E-state index contributed by atoms with van der Waals surface area (Å²) in [4.78, 5) is 2.47. The molecule has 1 N–H and O–H groups in total. The lowest BCUT2D eigenvalue weighted by Crippen LogP contribution is -2.18. The normalized spacial score (nSPS) is 14.8. The fourth-order valence-corrected chi connectivity index (χ4v) is 2.83. The molecule has 0 radical (unpaired) electrons. The maximum atomic E-state index is 4.20. The molecule has 3 rings (SSSR count). The number of benzene rings is 1. The van der Waals surface area contributed by atoms with E-state index in [2.05, 4.69) is 39.6 Å². The summed E-state index contributed by atoms with van der Waals surface area (Å²) < 4.78 is 1.98. The van der Waals surface area contributed by atoms with Crippen LogP contribution in [0.1, 0.15) is 24.8 Å². The van der Waals surface area contributed by atoms with Crippen LogP contribution in [0.3, 0.4) is 0 Å². The van der Waals surface area contributed by atoms with Crippen LogP contribution in [0.4, 0.5) is 5.69 Å². The molecule has 0 saturated carbocycles. The average Bonchev–Trinajstić information content (AvgIpc) is 3.21. The standard InChI is InChI=1S/C17H24N4/c1-2-12-20(11-1)17-7-5-16(6-8-17)15-18-9-3-13-21-14-4-10-19-21/h4-8,10,14,18H,1-3,9,11-13,15H2. The maximum absolute atomic E-state index is 4.20. The zero-order valence-electron chi connectivity index (χ0n) is 12.5. The van der Waals surface area contributed by atoms with Gasteiger partial charge in [-0.15, -0.1) is 0 Å². The van der Waals surface area contributed by atoms with E-state index in [0.29, 0.717) is 0 Å². The molecule has 0 spiro atoms. The first kappa shape index (κ1) is 14.1. The number of aryl methyl sites for hydroxylation is 1. The second-order valence-corrected chi connectivity index (χ2v) is 5.66. The van der Waals surface area contributed by atoms with Crippen molar-refractivity contribution in [2.24, 2.45) is 0 Å². The number of anilines is 1. The van der Waals surface area contributed by atoms with E-state index in [9.17, 15) is 0 Å². The van der Waals surface area contributed by atoms with Gasteiger partial charge < -0.3 is 10.2 Å². The molecule has 1 aromatic carbocycles. The van der Waals surface area contributed by atoms with Crippen molar-refractivity contribution in [1.82, 2.24) is 15.1 Å². The number of hydrogen-bond donors (Lipinski definition) is 1. The summed E-state index contributed by atoms with van der Waals surface area (Å²) in [6.07, 6.45) is 7.61. The molecule has 4 heteroatoms. The molecule has 21 heavy (non-hydrogen) atoms. The minimum Gasteiger partial charge on any atom is -0.372 e. The van der Waals surface area contributed by atoms with Crippen molar-refractivity contribution >= 4 is 5.69 Å². The number of nitrogens with one attached hydrogen (secondary N) is 1. The molecule has 1 aromatic heterocycles. The van der Waals surface area contributed by atoms with E-state index < -0.39 is 0 Å². The number of nitrogens with zero attached hydrogens (tertiary/aromatic N) is 3. The average molecular weight is 284 g/mol. The third-order valence-electron chi connectivity index (χ3n) is 4.04. The third-order valence-corrected chi connectivity index (χ3v) is 4.04. The molecule has 4 nitrogen and oxygen atoms in total.